The Balaban J connectivity index is 2.99. The monoisotopic (exact) mass is 306 g/mol. The SMILES string of the molecule is O=C(O)COCCCCCOCCCCCOCC(=O)O. The lowest BCUT2D eigenvalue weighted by molar-refractivity contribution is -0.143. The Hall–Kier alpha value is -1.18. The van der Waals surface area contributed by atoms with E-state index in [4.69, 9.17) is 24.4 Å². The minimum Gasteiger partial charge on any atom is -0.480 e. The first-order chi connectivity index (χ1) is 10.1. The second-order valence-corrected chi connectivity index (χ2v) is 4.63. The van der Waals surface area contributed by atoms with E-state index in [2.05, 4.69) is 0 Å². The van der Waals surface area contributed by atoms with Crippen molar-refractivity contribution in [3.63, 3.8) is 0 Å². The molecule has 0 saturated heterocycles. The molecule has 0 rings (SSSR count). The van der Waals surface area contributed by atoms with Crippen LogP contribution in [0.1, 0.15) is 38.5 Å². The Kier molecular flexibility index (Phi) is 14.4. The molecule has 0 unspecified atom stereocenters. The molecule has 0 aromatic heterocycles. The first-order valence-corrected chi connectivity index (χ1v) is 7.29. The second kappa shape index (κ2) is 15.2. The molecule has 0 bridgehead atoms. The van der Waals surface area contributed by atoms with Gasteiger partial charge < -0.3 is 24.4 Å². The molecule has 7 heteroatoms. The average Bonchev–Trinajstić information content (AvgIpc) is 2.42. The van der Waals surface area contributed by atoms with E-state index in [-0.39, 0.29) is 13.2 Å². The summed E-state index contributed by atoms with van der Waals surface area (Å²) in [5.74, 6) is -1.88. The van der Waals surface area contributed by atoms with Gasteiger partial charge in [-0.2, -0.15) is 0 Å². The maximum Gasteiger partial charge on any atom is 0.329 e. The highest BCUT2D eigenvalue weighted by molar-refractivity contribution is 5.68. The van der Waals surface area contributed by atoms with Gasteiger partial charge in [-0.3, -0.25) is 0 Å². The van der Waals surface area contributed by atoms with E-state index in [9.17, 15) is 9.59 Å². The van der Waals surface area contributed by atoms with Crippen LogP contribution in [-0.4, -0.2) is 61.8 Å². The molecule has 2 N–H and O–H groups in total. The van der Waals surface area contributed by atoms with Gasteiger partial charge in [-0.15, -0.1) is 0 Å². The minimum atomic E-state index is -0.938. The van der Waals surface area contributed by atoms with E-state index in [1.165, 1.54) is 0 Å². The van der Waals surface area contributed by atoms with Gasteiger partial charge in [0, 0.05) is 26.4 Å². The maximum atomic E-state index is 10.2. The molecule has 0 aromatic carbocycles. The summed E-state index contributed by atoms with van der Waals surface area (Å²) in [6, 6.07) is 0. The van der Waals surface area contributed by atoms with E-state index in [0.29, 0.717) is 26.4 Å². The van der Waals surface area contributed by atoms with Gasteiger partial charge in [-0.1, -0.05) is 0 Å². The lowest BCUT2D eigenvalue weighted by atomic mass is 10.2. The van der Waals surface area contributed by atoms with Crippen molar-refractivity contribution in [2.24, 2.45) is 0 Å². The van der Waals surface area contributed by atoms with Gasteiger partial charge in [0.2, 0.25) is 0 Å². The number of hydrogen-bond acceptors (Lipinski definition) is 5. The van der Waals surface area contributed by atoms with Crippen molar-refractivity contribution in [2.75, 3.05) is 39.6 Å². The zero-order chi connectivity index (χ0) is 15.8. The van der Waals surface area contributed by atoms with Crippen LogP contribution in [0.5, 0.6) is 0 Å². The van der Waals surface area contributed by atoms with E-state index >= 15 is 0 Å². The smallest absolute Gasteiger partial charge is 0.329 e. The van der Waals surface area contributed by atoms with Gasteiger partial charge in [-0.25, -0.2) is 9.59 Å². The van der Waals surface area contributed by atoms with Crippen molar-refractivity contribution in [1.29, 1.82) is 0 Å². The lowest BCUT2D eigenvalue weighted by Crippen LogP contribution is -2.08. The maximum absolute atomic E-state index is 10.2. The zero-order valence-electron chi connectivity index (χ0n) is 12.4. The summed E-state index contributed by atoms with van der Waals surface area (Å²) >= 11 is 0. The number of hydrogen-bond donors (Lipinski definition) is 2. The van der Waals surface area contributed by atoms with Gasteiger partial charge in [0.15, 0.2) is 0 Å². The first-order valence-electron chi connectivity index (χ1n) is 7.29. The van der Waals surface area contributed by atoms with Crippen molar-refractivity contribution in [3.8, 4) is 0 Å². The minimum absolute atomic E-state index is 0.229. The number of carbonyl (C=O) groups is 2. The standard InChI is InChI=1S/C14H26O7/c15-13(16)11-20-9-5-1-3-7-19-8-4-2-6-10-21-12-14(17)18/h1-12H2,(H,15,16)(H,17,18). The van der Waals surface area contributed by atoms with Crippen molar-refractivity contribution in [1.82, 2.24) is 0 Å². The van der Waals surface area contributed by atoms with Crippen LogP contribution in [0, 0.1) is 0 Å². The topological polar surface area (TPSA) is 102 Å². The molecule has 21 heavy (non-hydrogen) atoms. The normalized spacial score (nSPS) is 10.7. The molecule has 7 nitrogen and oxygen atoms in total. The third kappa shape index (κ3) is 18.8. The van der Waals surface area contributed by atoms with Crippen molar-refractivity contribution in [3.05, 3.63) is 0 Å². The number of carboxylic acid groups (broad SMARTS) is 2. The molecule has 124 valence electrons. The van der Waals surface area contributed by atoms with Gasteiger partial charge in [-0.05, 0) is 38.5 Å². The summed E-state index contributed by atoms with van der Waals surface area (Å²) in [7, 11) is 0. The first kappa shape index (κ1) is 19.8. The third-order valence-electron chi connectivity index (χ3n) is 2.61. The molecule has 0 saturated carbocycles. The summed E-state index contributed by atoms with van der Waals surface area (Å²) in [5.41, 5.74) is 0. The molecule has 0 amide bonds. The number of carboxylic acids is 2. The van der Waals surface area contributed by atoms with Crippen LogP contribution in [-0.2, 0) is 23.8 Å². The molecule has 0 aromatic rings. The summed E-state index contributed by atoms with van der Waals surface area (Å²) < 4.78 is 15.3. The summed E-state index contributed by atoms with van der Waals surface area (Å²) in [6.45, 7) is 1.90. The van der Waals surface area contributed by atoms with E-state index < -0.39 is 11.9 Å². The highest BCUT2D eigenvalue weighted by atomic mass is 16.5. The molecule has 0 heterocycles. The Morgan fingerprint density at radius 2 is 0.905 bits per heavy atom. The van der Waals surface area contributed by atoms with E-state index in [0.717, 1.165) is 38.5 Å². The quantitative estimate of drug-likeness (QED) is 0.417. The Morgan fingerprint density at radius 1 is 0.571 bits per heavy atom. The number of ether oxygens (including phenoxy) is 3. The molecule has 0 aliphatic carbocycles. The third-order valence-corrected chi connectivity index (χ3v) is 2.61. The van der Waals surface area contributed by atoms with Gasteiger partial charge in [0.1, 0.15) is 13.2 Å². The van der Waals surface area contributed by atoms with Gasteiger partial charge >= 0.3 is 11.9 Å². The van der Waals surface area contributed by atoms with Gasteiger partial charge in [0.25, 0.3) is 0 Å². The van der Waals surface area contributed by atoms with Crippen molar-refractivity contribution < 1.29 is 34.0 Å². The lowest BCUT2D eigenvalue weighted by Gasteiger charge is -2.05. The van der Waals surface area contributed by atoms with Crippen LogP contribution in [0.4, 0.5) is 0 Å². The fourth-order valence-electron chi connectivity index (χ4n) is 1.59. The Labute approximate surface area is 125 Å². The molecule has 0 aliphatic heterocycles. The Morgan fingerprint density at radius 3 is 1.24 bits per heavy atom. The van der Waals surface area contributed by atoms with E-state index in [1.807, 2.05) is 0 Å². The molecular formula is C14H26O7. The molecule has 0 aliphatic rings. The van der Waals surface area contributed by atoms with Crippen molar-refractivity contribution >= 4 is 11.9 Å². The summed E-state index contributed by atoms with van der Waals surface area (Å²) in [6.07, 6.45) is 5.50. The molecule has 0 atom stereocenters. The fraction of sp³-hybridized carbons (Fsp3) is 0.857. The highest BCUT2D eigenvalue weighted by Gasteiger charge is 1.97. The molecular weight excluding hydrogens is 280 g/mol. The molecule has 0 spiro atoms. The summed E-state index contributed by atoms with van der Waals surface area (Å²) in [5, 5.41) is 16.7. The predicted molar refractivity (Wildman–Crippen MR) is 75.4 cm³/mol. The van der Waals surface area contributed by atoms with Crippen molar-refractivity contribution in [2.45, 2.75) is 38.5 Å². The number of aliphatic carboxylic acids is 2. The van der Waals surface area contributed by atoms with Gasteiger partial charge in [0.05, 0.1) is 0 Å². The zero-order valence-corrected chi connectivity index (χ0v) is 12.4. The fourth-order valence-corrected chi connectivity index (χ4v) is 1.59. The highest BCUT2D eigenvalue weighted by Crippen LogP contribution is 2.00. The number of rotatable bonds is 16. The second-order valence-electron chi connectivity index (χ2n) is 4.63. The largest absolute Gasteiger partial charge is 0.480 e. The van der Waals surface area contributed by atoms with Crippen LogP contribution >= 0.6 is 0 Å². The summed E-state index contributed by atoms with van der Waals surface area (Å²) in [4.78, 5) is 20.3. The van der Waals surface area contributed by atoms with E-state index in [1.54, 1.807) is 0 Å². The van der Waals surface area contributed by atoms with Crippen LogP contribution < -0.4 is 0 Å². The van der Waals surface area contributed by atoms with Crippen LogP contribution in [0.15, 0.2) is 0 Å². The molecule has 0 fully saturated rings. The van der Waals surface area contributed by atoms with Crippen LogP contribution in [0.25, 0.3) is 0 Å². The Bertz CT molecular complexity index is 242. The average molecular weight is 306 g/mol. The molecule has 0 radical (unpaired) electrons. The van der Waals surface area contributed by atoms with Crippen LogP contribution in [0.2, 0.25) is 0 Å². The number of unbranched alkanes of at least 4 members (excludes halogenated alkanes) is 4. The predicted octanol–water partition coefficient (Wildman–Crippen LogP) is 1.55. The van der Waals surface area contributed by atoms with Crippen LogP contribution in [0.3, 0.4) is 0 Å².